The molecule has 2 aliphatic heterocycles. The van der Waals surface area contributed by atoms with Crippen molar-refractivity contribution < 1.29 is 29.3 Å². The fraction of sp³-hybridized carbons (Fsp3) is 0.679. The minimum absolute atomic E-state index is 0.0160. The average Bonchev–Trinajstić information content (AvgIpc) is 3.34. The third kappa shape index (κ3) is 6.57. The van der Waals surface area contributed by atoms with Crippen LogP contribution in [0.2, 0.25) is 0 Å². The Morgan fingerprint density at radius 3 is 2.63 bits per heavy atom. The normalized spacial score (nSPS) is 37.0. The van der Waals surface area contributed by atoms with Crippen LogP contribution in [0.3, 0.4) is 0 Å². The van der Waals surface area contributed by atoms with E-state index >= 15 is 0 Å². The van der Waals surface area contributed by atoms with Gasteiger partial charge in [-0.15, -0.1) is 0 Å². The molecule has 1 aromatic heterocycles. The van der Waals surface area contributed by atoms with Crippen LogP contribution in [-0.2, 0) is 19.1 Å². The predicted octanol–water partition coefficient (Wildman–Crippen LogP) is 4.46. The molecule has 0 aromatic carbocycles. The van der Waals surface area contributed by atoms with Crippen LogP contribution in [0.4, 0.5) is 0 Å². The Kier molecular flexibility index (Phi) is 8.56. The van der Waals surface area contributed by atoms with E-state index < -0.39 is 35.0 Å². The first-order valence-corrected chi connectivity index (χ1v) is 12.8. The SMILES string of the molecule is CC[C@@H]1C[C@@H](C)CCC[C@@]2(C)O[C@@]2(O)C[C@@H](C=Cc2ccccn2)OC(=O)C[C@H](O)C(C)(C)C1=O. The van der Waals surface area contributed by atoms with Gasteiger partial charge >= 0.3 is 5.97 Å². The van der Waals surface area contributed by atoms with Gasteiger partial charge in [-0.3, -0.25) is 14.6 Å². The van der Waals surface area contributed by atoms with Crippen molar-refractivity contribution in [3.8, 4) is 0 Å². The largest absolute Gasteiger partial charge is 0.458 e. The first-order valence-electron chi connectivity index (χ1n) is 12.8. The van der Waals surface area contributed by atoms with Crippen LogP contribution in [0.25, 0.3) is 6.08 Å². The van der Waals surface area contributed by atoms with Crippen molar-refractivity contribution in [2.75, 3.05) is 0 Å². The number of hydrogen-bond acceptors (Lipinski definition) is 7. The Bertz CT molecular complexity index is 915. The number of nitrogens with zero attached hydrogens (tertiary/aromatic N) is 1. The van der Waals surface area contributed by atoms with Gasteiger partial charge in [0.25, 0.3) is 0 Å². The van der Waals surface area contributed by atoms with Crippen molar-refractivity contribution in [3.05, 3.63) is 36.2 Å². The Hall–Kier alpha value is -2.09. The van der Waals surface area contributed by atoms with Gasteiger partial charge in [0.15, 0.2) is 5.79 Å². The summed E-state index contributed by atoms with van der Waals surface area (Å²) >= 11 is 0. The molecule has 3 rings (SSSR count). The molecule has 7 heteroatoms. The monoisotopic (exact) mass is 487 g/mol. The van der Waals surface area contributed by atoms with Gasteiger partial charge in [0.2, 0.25) is 0 Å². The molecule has 2 saturated heterocycles. The molecule has 194 valence electrons. The Morgan fingerprint density at radius 1 is 1.23 bits per heavy atom. The second kappa shape index (κ2) is 10.9. The highest BCUT2D eigenvalue weighted by Gasteiger charge is 2.66. The average molecular weight is 488 g/mol. The van der Waals surface area contributed by atoms with E-state index in [9.17, 15) is 19.8 Å². The van der Waals surface area contributed by atoms with Gasteiger partial charge in [0, 0.05) is 18.5 Å². The summed E-state index contributed by atoms with van der Waals surface area (Å²) in [4.78, 5) is 30.4. The summed E-state index contributed by atoms with van der Waals surface area (Å²) in [5.74, 6) is -1.91. The second-order valence-electron chi connectivity index (χ2n) is 11.1. The highest BCUT2D eigenvalue weighted by atomic mass is 16.8. The number of hydrogen-bond donors (Lipinski definition) is 2. The Morgan fingerprint density at radius 2 is 1.97 bits per heavy atom. The van der Waals surface area contributed by atoms with E-state index in [1.807, 2.05) is 32.0 Å². The zero-order chi connectivity index (χ0) is 25.9. The number of ketones is 1. The molecule has 6 atom stereocenters. The van der Waals surface area contributed by atoms with Crippen molar-refractivity contribution in [1.82, 2.24) is 4.98 Å². The summed E-state index contributed by atoms with van der Waals surface area (Å²) in [6.07, 6.45) is 6.75. The maximum absolute atomic E-state index is 13.3. The van der Waals surface area contributed by atoms with E-state index in [2.05, 4.69) is 11.9 Å². The van der Waals surface area contributed by atoms with Crippen LogP contribution >= 0.6 is 0 Å². The lowest BCUT2D eigenvalue weighted by atomic mass is 9.72. The molecule has 7 nitrogen and oxygen atoms in total. The number of rotatable bonds is 3. The summed E-state index contributed by atoms with van der Waals surface area (Å²) in [7, 11) is 0. The van der Waals surface area contributed by atoms with Crippen molar-refractivity contribution in [2.24, 2.45) is 17.3 Å². The minimum atomic E-state index is -1.40. The summed E-state index contributed by atoms with van der Waals surface area (Å²) in [5, 5.41) is 22.0. The molecule has 1 aromatic rings. The standard InChI is InChI=1S/C28H41NO6/c1-6-20-16-19(2)10-9-14-27(5)28(33,35-27)18-22(13-12-21-11-7-8-15-29-21)34-24(31)17-23(30)26(3,4)25(20)32/h7-8,11-13,15,19-20,22-23,30,33H,6,9-10,14,16-18H2,1-5H3/t19-,20+,22+,23-,27+,28-/m0/s1. The van der Waals surface area contributed by atoms with Crippen LogP contribution < -0.4 is 0 Å². The number of pyridine rings is 1. The first kappa shape index (κ1) is 27.5. The molecule has 0 aliphatic carbocycles. The molecule has 2 aliphatic rings. The van der Waals surface area contributed by atoms with Crippen molar-refractivity contribution >= 4 is 17.8 Å². The molecule has 0 saturated carbocycles. The zero-order valence-electron chi connectivity index (χ0n) is 21.7. The molecule has 0 unspecified atom stereocenters. The minimum Gasteiger partial charge on any atom is -0.458 e. The molecule has 2 fully saturated rings. The molecular weight excluding hydrogens is 446 g/mol. The van der Waals surface area contributed by atoms with Gasteiger partial charge in [0.1, 0.15) is 17.5 Å². The van der Waals surface area contributed by atoms with Crippen LogP contribution in [0.1, 0.15) is 85.3 Å². The third-order valence-electron chi connectivity index (χ3n) is 7.84. The van der Waals surface area contributed by atoms with Crippen molar-refractivity contribution in [2.45, 2.75) is 103 Å². The molecule has 0 amide bonds. The van der Waals surface area contributed by atoms with Crippen LogP contribution in [0.15, 0.2) is 30.5 Å². The first-order chi connectivity index (χ1) is 16.4. The second-order valence-corrected chi connectivity index (χ2v) is 11.1. The summed E-state index contributed by atoms with van der Waals surface area (Å²) < 4.78 is 11.5. The van der Waals surface area contributed by atoms with Crippen LogP contribution in [0, 0.1) is 17.3 Å². The number of aliphatic hydroxyl groups is 2. The molecule has 0 spiro atoms. The van der Waals surface area contributed by atoms with Gasteiger partial charge in [-0.25, -0.2) is 0 Å². The van der Waals surface area contributed by atoms with E-state index in [1.54, 1.807) is 32.2 Å². The molecule has 0 radical (unpaired) electrons. The Balaban J connectivity index is 1.85. The molecular formula is C28H41NO6. The number of ether oxygens (including phenoxy) is 2. The smallest absolute Gasteiger partial charge is 0.309 e. The maximum Gasteiger partial charge on any atom is 0.309 e. The summed E-state index contributed by atoms with van der Waals surface area (Å²) in [5.41, 5.74) is -1.10. The number of fused-ring (bicyclic) bond motifs is 1. The fourth-order valence-electron chi connectivity index (χ4n) is 5.12. The number of cyclic esters (lactones) is 1. The number of carbonyl (C=O) groups is 2. The van der Waals surface area contributed by atoms with E-state index in [-0.39, 0.29) is 24.5 Å². The molecule has 0 bridgehead atoms. The van der Waals surface area contributed by atoms with Gasteiger partial charge in [-0.05, 0) is 56.4 Å². The maximum atomic E-state index is 13.3. The van der Waals surface area contributed by atoms with Gasteiger partial charge < -0.3 is 19.7 Å². The Labute approximate surface area is 208 Å². The number of Topliss-reactive ketones (excluding diaryl/α,β-unsaturated/α-hetero) is 1. The van der Waals surface area contributed by atoms with E-state index in [1.165, 1.54) is 0 Å². The van der Waals surface area contributed by atoms with Crippen molar-refractivity contribution in [1.29, 1.82) is 0 Å². The third-order valence-corrected chi connectivity index (χ3v) is 7.84. The topological polar surface area (TPSA) is 109 Å². The number of esters is 1. The lowest BCUT2D eigenvalue weighted by Crippen LogP contribution is -2.43. The molecule has 3 heterocycles. The van der Waals surface area contributed by atoms with E-state index in [4.69, 9.17) is 9.47 Å². The summed E-state index contributed by atoms with van der Waals surface area (Å²) in [6.45, 7) is 9.41. The number of carbonyl (C=O) groups excluding carboxylic acids is 2. The van der Waals surface area contributed by atoms with Crippen LogP contribution in [0.5, 0.6) is 0 Å². The highest BCUT2D eigenvalue weighted by molar-refractivity contribution is 5.87. The van der Waals surface area contributed by atoms with Crippen molar-refractivity contribution in [3.63, 3.8) is 0 Å². The number of aliphatic hydroxyl groups excluding tert-OH is 1. The molecule has 35 heavy (non-hydrogen) atoms. The van der Waals surface area contributed by atoms with E-state index in [0.717, 1.165) is 19.3 Å². The quantitative estimate of drug-likeness (QED) is 0.479. The predicted molar refractivity (Wildman–Crippen MR) is 133 cm³/mol. The van der Waals surface area contributed by atoms with Crippen LogP contribution in [-0.4, -0.2) is 50.5 Å². The fourth-order valence-corrected chi connectivity index (χ4v) is 5.12. The van der Waals surface area contributed by atoms with Gasteiger partial charge in [-0.1, -0.05) is 46.6 Å². The van der Waals surface area contributed by atoms with Gasteiger partial charge in [-0.2, -0.15) is 0 Å². The van der Waals surface area contributed by atoms with E-state index in [0.29, 0.717) is 24.5 Å². The number of epoxide rings is 1. The lowest BCUT2D eigenvalue weighted by molar-refractivity contribution is -0.155. The lowest BCUT2D eigenvalue weighted by Gasteiger charge is -2.33. The molecule has 2 N–H and O–H groups in total. The zero-order valence-corrected chi connectivity index (χ0v) is 21.7. The van der Waals surface area contributed by atoms with Gasteiger partial charge in [0.05, 0.1) is 23.6 Å². The number of aromatic nitrogens is 1. The summed E-state index contributed by atoms with van der Waals surface area (Å²) in [6, 6.07) is 5.49. The highest BCUT2D eigenvalue weighted by Crippen LogP contribution is 2.52.